The Morgan fingerprint density at radius 2 is 1.75 bits per heavy atom. The molecule has 3 heteroatoms. The summed E-state index contributed by atoms with van der Waals surface area (Å²) in [5.41, 5.74) is 1.73. The Morgan fingerprint density at radius 3 is 2.12 bits per heavy atom. The zero-order valence-electron chi connectivity index (χ0n) is 9.91. The van der Waals surface area contributed by atoms with E-state index in [1.54, 1.807) is 19.1 Å². The SMILES string of the molecule is CCC(NC(C)=O)c1ccc(C(C)=O)cc1. The van der Waals surface area contributed by atoms with Gasteiger partial charge in [0.15, 0.2) is 5.78 Å². The van der Waals surface area contributed by atoms with E-state index < -0.39 is 0 Å². The summed E-state index contributed by atoms with van der Waals surface area (Å²) in [6.45, 7) is 5.06. The third kappa shape index (κ3) is 3.19. The van der Waals surface area contributed by atoms with E-state index in [0.29, 0.717) is 5.56 Å². The number of carbonyl (C=O) groups is 2. The average Bonchev–Trinajstić information content (AvgIpc) is 2.25. The Hall–Kier alpha value is -1.64. The van der Waals surface area contributed by atoms with E-state index in [9.17, 15) is 9.59 Å². The molecular weight excluding hydrogens is 202 g/mol. The highest BCUT2D eigenvalue weighted by Crippen LogP contribution is 2.17. The van der Waals surface area contributed by atoms with Crippen molar-refractivity contribution >= 4 is 11.7 Å². The third-order valence-corrected chi connectivity index (χ3v) is 2.51. The van der Waals surface area contributed by atoms with E-state index in [1.165, 1.54) is 6.92 Å². The lowest BCUT2D eigenvalue weighted by Crippen LogP contribution is -2.25. The van der Waals surface area contributed by atoms with Crippen LogP contribution in [0.3, 0.4) is 0 Å². The molecule has 0 bridgehead atoms. The van der Waals surface area contributed by atoms with Gasteiger partial charge in [0, 0.05) is 12.5 Å². The molecule has 0 fully saturated rings. The van der Waals surface area contributed by atoms with E-state index >= 15 is 0 Å². The van der Waals surface area contributed by atoms with E-state index in [4.69, 9.17) is 0 Å². The lowest BCUT2D eigenvalue weighted by molar-refractivity contribution is -0.119. The molecule has 1 aromatic carbocycles. The molecule has 3 nitrogen and oxygen atoms in total. The standard InChI is InChI=1S/C13H17NO2/c1-4-13(14-10(3)16)12-7-5-11(6-8-12)9(2)15/h5-8,13H,4H2,1-3H3,(H,14,16). The minimum atomic E-state index is -0.0394. The van der Waals surface area contributed by atoms with E-state index in [0.717, 1.165) is 12.0 Å². The first kappa shape index (κ1) is 12.4. The van der Waals surface area contributed by atoms with Gasteiger partial charge in [-0.2, -0.15) is 0 Å². The lowest BCUT2D eigenvalue weighted by Gasteiger charge is -2.16. The van der Waals surface area contributed by atoms with Crippen molar-refractivity contribution in [2.24, 2.45) is 0 Å². The molecule has 0 heterocycles. The van der Waals surface area contributed by atoms with Crippen LogP contribution < -0.4 is 5.32 Å². The normalized spacial score (nSPS) is 11.9. The van der Waals surface area contributed by atoms with Gasteiger partial charge in [-0.05, 0) is 18.9 Å². The third-order valence-electron chi connectivity index (χ3n) is 2.51. The van der Waals surface area contributed by atoms with Gasteiger partial charge in [0.2, 0.25) is 5.91 Å². The molecule has 1 rings (SSSR count). The maximum atomic E-state index is 11.1. The van der Waals surface area contributed by atoms with Crippen molar-refractivity contribution in [1.29, 1.82) is 0 Å². The molecular formula is C13H17NO2. The van der Waals surface area contributed by atoms with Gasteiger partial charge in [0.25, 0.3) is 0 Å². The van der Waals surface area contributed by atoms with Gasteiger partial charge in [-0.1, -0.05) is 31.2 Å². The maximum absolute atomic E-state index is 11.1. The van der Waals surface area contributed by atoms with E-state index in [1.807, 2.05) is 19.1 Å². The number of hydrogen-bond donors (Lipinski definition) is 1. The molecule has 0 spiro atoms. The van der Waals surface area contributed by atoms with Gasteiger partial charge in [-0.15, -0.1) is 0 Å². The molecule has 1 N–H and O–H groups in total. The van der Waals surface area contributed by atoms with Crippen molar-refractivity contribution in [1.82, 2.24) is 5.32 Å². The Labute approximate surface area is 95.9 Å². The topological polar surface area (TPSA) is 46.2 Å². The molecule has 1 atom stereocenters. The first-order valence-electron chi connectivity index (χ1n) is 5.42. The highest BCUT2D eigenvalue weighted by molar-refractivity contribution is 5.94. The second-order valence-corrected chi connectivity index (χ2v) is 3.84. The molecule has 16 heavy (non-hydrogen) atoms. The van der Waals surface area contributed by atoms with Gasteiger partial charge >= 0.3 is 0 Å². The van der Waals surface area contributed by atoms with Gasteiger partial charge in [-0.3, -0.25) is 9.59 Å². The van der Waals surface area contributed by atoms with E-state index in [-0.39, 0.29) is 17.7 Å². The van der Waals surface area contributed by atoms with Gasteiger partial charge < -0.3 is 5.32 Å². The van der Waals surface area contributed by atoms with Crippen LogP contribution in [-0.4, -0.2) is 11.7 Å². The zero-order valence-corrected chi connectivity index (χ0v) is 9.91. The van der Waals surface area contributed by atoms with Crippen LogP contribution in [0.1, 0.15) is 49.2 Å². The predicted octanol–water partition coefficient (Wildman–Crippen LogP) is 2.48. The Bertz CT molecular complexity index is 381. The van der Waals surface area contributed by atoms with E-state index in [2.05, 4.69) is 5.32 Å². The summed E-state index contributed by atoms with van der Waals surface area (Å²) in [6, 6.07) is 7.39. The molecule has 0 saturated heterocycles. The summed E-state index contributed by atoms with van der Waals surface area (Å²) in [6.07, 6.45) is 0.832. The summed E-state index contributed by atoms with van der Waals surface area (Å²) in [4.78, 5) is 22.1. The maximum Gasteiger partial charge on any atom is 0.217 e. The molecule has 86 valence electrons. The molecule has 1 aromatic rings. The van der Waals surface area contributed by atoms with Crippen molar-refractivity contribution in [3.63, 3.8) is 0 Å². The van der Waals surface area contributed by atoms with Crippen LogP contribution in [0.15, 0.2) is 24.3 Å². The Morgan fingerprint density at radius 1 is 1.19 bits per heavy atom. The first-order chi connectivity index (χ1) is 7.54. The van der Waals surface area contributed by atoms with Crippen LogP contribution in [-0.2, 0) is 4.79 Å². The van der Waals surface area contributed by atoms with Crippen LogP contribution in [0.25, 0.3) is 0 Å². The molecule has 0 saturated carbocycles. The number of hydrogen-bond acceptors (Lipinski definition) is 2. The fourth-order valence-electron chi connectivity index (χ4n) is 1.62. The van der Waals surface area contributed by atoms with Crippen LogP contribution in [0.5, 0.6) is 0 Å². The van der Waals surface area contributed by atoms with Crippen molar-refractivity contribution in [3.05, 3.63) is 35.4 Å². The quantitative estimate of drug-likeness (QED) is 0.791. The van der Waals surface area contributed by atoms with Gasteiger partial charge in [-0.25, -0.2) is 0 Å². The zero-order chi connectivity index (χ0) is 12.1. The fraction of sp³-hybridized carbons (Fsp3) is 0.385. The molecule has 0 aromatic heterocycles. The molecule has 0 aliphatic rings. The smallest absolute Gasteiger partial charge is 0.217 e. The highest BCUT2D eigenvalue weighted by Gasteiger charge is 2.10. The second-order valence-electron chi connectivity index (χ2n) is 3.84. The Balaban J connectivity index is 2.86. The van der Waals surface area contributed by atoms with Crippen molar-refractivity contribution in [2.75, 3.05) is 0 Å². The summed E-state index contributed by atoms with van der Waals surface area (Å²) in [5, 5.41) is 2.87. The molecule has 0 aliphatic carbocycles. The Kier molecular flexibility index (Phi) is 4.23. The summed E-state index contributed by atoms with van der Waals surface area (Å²) < 4.78 is 0. The molecule has 1 unspecified atom stereocenters. The van der Waals surface area contributed by atoms with Crippen LogP contribution in [0, 0.1) is 0 Å². The van der Waals surface area contributed by atoms with Crippen LogP contribution in [0.4, 0.5) is 0 Å². The number of Topliss-reactive ketones (excluding diaryl/α,β-unsaturated/α-hetero) is 1. The number of nitrogens with one attached hydrogen (secondary N) is 1. The molecule has 0 aliphatic heterocycles. The predicted molar refractivity (Wildman–Crippen MR) is 63.3 cm³/mol. The van der Waals surface area contributed by atoms with Crippen molar-refractivity contribution in [2.45, 2.75) is 33.2 Å². The monoisotopic (exact) mass is 219 g/mol. The minimum Gasteiger partial charge on any atom is -0.350 e. The fourth-order valence-corrected chi connectivity index (χ4v) is 1.62. The van der Waals surface area contributed by atoms with Crippen LogP contribution >= 0.6 is 0 Å². The average molecular weight is 219 g/mol. The number of benzene rings is 1. The lowest BCUT2D eigenvalue weighted by atomic mass is 10.0. The van der Waals surface area contributed by atoms with Gasteiger partial charge in [0.05, 0.1) is 6.04 Å². The highest BCUT2D eigenvalue weighted by atomic mass is 16.1. The van der Waals surface area contributed by atoms with Gasteiger partial charge in [0.1, 0.15) is 0 Å². The van der Waals surface area contributed by atoms with Crippen molar-refractivity contribution < 1.29 is 9.59 Å². The summed E-state index contributed by atoms with van der Waals surface area (Å²) in [7, 11) is 0. The summed E-state index contributed by atoms with van der Waals surface area (Å²) >= 11 is 0. The number of amides is 1. The molecule has 0 radical (unpaired) electrons. The van der Waals surface area contributed by atoms with Crippen LogP contribution in [0.2, 0.25) is 0 Å². The first-order valence-corrected chi connectivity index (χ1v) is 5.42. The minimum absolute atomic E-state index is 0.0264. The summed E-state index contributed by atoms with van der Waals surface area (Å²) in [5.74, 6) is 0.0154. The largest absolute Gasteiger partial charge is 0.350 e. The number of ketones is 1. The molecule has 1 amide bonds. The number of rotatable bonds is 4. The van der Waals surface area contributed by atoms with Crippen molar-refractivity contribution in [3.8, 4) is 0 Å². The second kappa shape index (κ2) is 5.45. The number of carbonyl (C=O) groups excluding carboxylic acids is 2.